The van der Waals surface area contributed by atoms with E-state index in [-0.39, 0.29) is 5.91 Å². The summed E-state index contributed by atoms with van der Waals surface area (Å²) in [5, 5.41) is 20.3. The van der Waals surface area contributed by atoms with Crippen molar-refractivity contribution in [1.82, 2.24) is 0 Å². The van der Waals surface area contributed by atoms with Gasteiger partial charge in [0.1, 0.15) is 0 Å². The standard InChI is InChI=1S/C19H20N2O2/c1-2-3-12-19(23)17-7-5-4-6-16(17)18(22)21(19)15-10-8-14(13-20)9-11-15/h4,6,8-11,23H,2-3,5,7,12H2,1H3. The monoisotopic (exact) mass is 308 g/mol. The van der Waals surface area contributed by atoms with E-state index in [4.69, 9.17) is 5.26 Å². The minimum Gasteiger partial charge on any atom is -0.367 e. The van der Waals surface area contributed by atoms with Gasteiger partial charge >= 0.3 is 0 Å². The van der Waals surface area contributed by atoms with Crippen molar-refractivity contribution in [2.75, 3.05) is 4.90 Å². The summed E-state index contributed by atoms with van der Waals surface area (Å²) in [6.07, 6.45) is 7.71. The average molecular weight is 308 g/mol. The molecule has 1 unspecified atom stereocenters. The van der Waals surface area contributed by atoms with E-state index in [1.807, 2.05) is 12.2 Å². The second kappa shape index (κ2) is 6.02. The molecule has 1 aliphatic carbocycles. The van der Waals surface area contributed by atoms with Gasteiger partial charge < -0.3 is 5.11 Å². The summed E-state index contributed by atoms with van der Waals surface area (Å²) in [7, 11) is 0. The molecule has 0 bridgehead atoms. The van der Waals surface area contributed by atoms with Crippen molar-refractivity contribution in [3.8, 4) is 6.07 Å². The van der Waals surface area contributed by atoms with Crippen LogP contribution in [-0.4, -0.2) is 16.7 Å². The summed E-state index contributed by atoms with van der Waals surface area (Å²) in [5.41, 5.74) is 1.38. The second-order valence-electron chi connectivity index (χ2n) is 6.05. The van der Waals surface area contributed by atoms with E-state index in [0.717, 1.165) is 24.8 Å². The Morgan fingerprint density at radius 2 is 2.09 bits per heavy atom. The summed E-state index contributed by atoms with van der Waals surface area (Å²) in [4.78, 5) is 14.4. The predicted octanol–water partition coefficient (Wildman–Crippen LogP) is 3.43. The molecule has 1 heterocycles. The summed E-state index contributed by atoms with van der Waals surface area (Å²) in [5.74, 6) is -0.153. The van der Waals surface area contributed by atoms with Gasteiger partial charge in [0, 0.05) is 11.3 Å². The smallest absolute Gasteiger partial charge is 0.260 e. The van der Waals surface area contributed by atoms with Crippen molar-refractivity contribution in [1.29, 1.82) is 5.26 Å². The number of allylic oxidation sites excluding steroid dienone is 1. The number of nitrogens with zero attached hydrogens (tertiary/aromatic N) is 2. The Hall–Kier alpha value is -2.38. The minimum atomic E-state index is -1.25. The van der Waals surface area contributed by atoms with Gasteiger partial charge in [-0.15, -0.1) is 0 Å². The number of unbranched alkanes of at least 4 members (excludes halogenated alkanes) is 1. The molecule has 1 aromatic rings. The summed E-state index contributed by atoms with van der Waals surface area (Å²) >= 11 is 0. The highest BCUT2D eigenvalue weighted by Gasteiger charge is 2.49. The maximum absolute atomic E-state index is 12.9. The molecule has 1 atom stereocenters. The van der Waals surface area contributed by atoms with Crippen LogP contribution in [0.15, 0.2) is 47.6 Å². The first kappa shape index (κ1) is 15.5. The molecule has 0 radical (unpaired) electrons. The fourth-order valence-electron chi connectivity index (χ4n) is 3.41. The first-order valence-electron chi connectivity index (χ1n) is 8.09. The van der Waals surface area contributed by atoms with Gasteiger partial charge in [0.25, 0.3) is 5.91 Å². The van der Waals surface area contributed by atoms with Crippen LogP contribution in [0.3, 0.4) is 0 Å². The zero-order valence-corrected chi connectivity index (χ0v) is 13.2. The largest absolute Gasteiger partial charge is 0.367 e. The normalized spacial score (nSPS) is 23.2. The number of carbonyl (C=O) groups excluding carboxylic acids is 1. The van der Waals surface area contributed by atoms with Gasteiger partial charge in [-0.25, -0.2) is 0 Å². The lowest BCUT2D eigenvalue weighted by atomic mass is 9.89. The Morgan fingerprint density at radius 1 is 1.35 bits per heavy atom. The summed E-state index contributed by atoms with van der Waals surface area (Å²) in [6, 6.07) is 8.89. The average Bonchev–Trinajstić information content (AvgIpc) is 2.82. The lowest BCUT2D eigenvalue weighted by Crippen LogP contribution is -2.48. The van der Waals surface area contributed by atoms with Gasteiger partial charge in [-0.1, -0.05) is 25.5 Å². The van der Waals surface area contributed by atoms with E-state index >= 15 is 0 Å². The summed E-state index contributed by atoms with van der Waals surface area (Å²) < 4.78 is 0. The van der Waals surface area contributed by atoms with E-state index < -0.39 is 5.72 Å². The van der Waals surface area contributed by atoms with Crippen molar-refractivity contribution in [3.05, 3.63) is 53.1 Å². The van der Waals surface area contributed by atoms with E-state index in [1.165, 1.54) is 4.90 Å². The molecule has 23 heavy (non-hydrogen) atoms. The van der Waals surface area contributed by atoms with Crippen LogP contribution in [0, 0.1) is 11.3 Å². The van der Waals surface area contributed by atoms with Crippen molar-refractivity contribution >= 4 is 11.6 Å². The van der Waals surface area contributed by atoms with Crippen LogP contribution in [-0.2, 0) is 4.79 Å². The van der Waals surface area contributed by atoms with Crippen molar-refractivity contribution < 1.29 is 9.90 Å². The number of nitriles is 1. The highest BCUT2D eigenvalue weighted by Crippen LogP contribution is 2.44. The number of anilines is 1. The third-order valence-corrected chi connectivity index (χ3v) is 4.59. The van der Waals surface area contributed by atoms with E-state index in [0.29, 0.717) is 29.7 Å². The molecule has 1 amide bonds. The fourth-order valence-corrected chi connectivity index (χ4v) is 3.41. The Morgan fingerprint density at radius 3 is 2.74 bits per heavy atom. The Balaban J connectivity index is 2.05. The first-order chi connectivity index (χ1) is 11.1. The van der Waals surface area contributed by atoms with Crippen LogP contribution in [0.5, 0.6) is 0 Å². The molecule has 0 saturated heterocycles. The molecule has 0 spiro atoms. The first-order valence-corrected chi connectivity index (χ1v) is 8.09. The molecule has 1 N–H and O–H groups in total. The van der Waals surface area contributed by atoms with Crippen LogP contribution >= 0.6 is 0 Å². The van der Waals surface area contributed by atoms with Crippen molar-refractivity contribution in [2.45, 2.75) is 44.8 Å². The second-order valence-corrected chi connectivity index (χ2v) is 6.05. The molecule has 0 aromatic heterocycles. The number of rotatable bonds is 4. The maximum Gasteiger partial charge on any atom is 0.260 e. The van der Waals surface area contributed by atoms with E-state index in [2.05, 4.69) is 13.0 Å². The van der Waals surface area contributed by atoms with Gasteiger partial charge in [-0.05, 0) is 55.5 Å². The maximum atomic E-state index is 12.9. The molecule has 0 saturated carbocycles. The molecular weight excluding hydrogens is 288 g/mol. The number of carbonyl (C=O) groups is 1. The molecule has 0 fully saturated rings. The number of hydrogen-bond acceptors (Lipinski definition) is 3. The van der Waals surface area contributed by atoms with Gasteiger partial charge in [0.2, 0.25) is 0 Å². The molecule has 2 aliphatic rings. The third-order valence-electron chi connectivity index (χ3n) is 4.59. The fraction of sp³-hybridized carbons (Fsp3) is 0.368. The molecule has 1 aromatic carbocycles. The molecule has 3 rings (SSSR count). The van der Waals surface area contributed by atoms with Crippen LogP contribution in [0.25, 0.3) is 0 Å². The minimum absolute atomic E-state index is 0.153. The molecule has 4 nitrogen and oxygen atoms in total. The van der Waals surface area contributed by atoms with Gasteiger partial charge in [0.05, 0.1) is 11.6 Å². The summed E-state index contributed by atoms with van der Waals surface area (Å²) in [6.45, 7) is 2.07. The zero-order valence-electron chi connectivity index (χ0n) is 13.2. The number of benzene rings is 1. The SMILES string of the molecule is CCCCC1(O)C2=C(C=CCC2)C(=O)N1c1ccc(C#N)cc1. The third kappa shape index (κ3) is 2.47. The van der Waals surface area contributed by atoms with Crippen molar-refractivity contribution in [3.63, 3.8) is 0 Å². The van der Waals surface area contributed by atoms with Crippen LogP contribution in [0.1, 0.15) is 44.6 Å². The zero-order chi connectivity index (χ0) is 16.4. The van der Waals surface area contributed by atoms with Crippen LogP contribution < -0.4 is 4.90 Å². The quantitative estimate of drug-likeness (QED) is 0.926. The lowest BCUT2D eigenvalue weighted by Gasteiger charge is -2.36. The number of amides is 1. The Bertz CT molecular complexity index is 725. The highest BCUT2D eigenvalue weighted by molar-refractivity contribution is 6.12. The Labute approximate surface area is 136 Å². The van der Waals surface area contributed by atoms with E-state index in [1.54, 1.807) is 24.3 Å². The number of aliphatic hydroxyl groups is 1. The highest BCUT2D eigenvalue weighted by atomic mass is 16.3. The lowest BCUT2D eigenvalue weighted by molar-refractivity contribution is -0.116. The van der Waals surface area contributed by atoms with Crippen molar-refractivity contribution in [2.24, 2.45) is 0 Å². The van der Waals surface area contributed by atoms with Gasteiger partial charge in [-0.2, -0.15) is 5.26 Å². The Kier molecular flexibility index (Phi) is 4.06. The molecule has 1 aliphatic heterocycles. The molecular formula is C19H20N2O2. The van der Waals surface area contributed by atoms with Crippen LogP contribution in [0.4, 0.5) is 5.69 Å². The van der Waals surface area contributed by atoms with Gasteiger partial charge in [-0.3, -0.25) is 9.69 Å². The number of hydrogen-bond donors (Lipinski definition) is 1. The van der Waals surface area contributed by atoms with E-state index in [9.17, 15) is 9.90 Å². The van der Waals surface area contributed by atoms with Crippen LogP contribution in [0.2, 0.25) is 0 Å². The topological polar surface area (TPSA) is 64.3 Å². The molecule has 4 heteroatoms. The van der Waals surface area contributed by atoms with Gasteiger partial charge in [0.15, 0.2) is 5.72 Å². The molecule has 118 valence electrons. The predicted molar refractivity (Wildman–Crippen MR) is 88.5 cm³/mol.